The number of amides is 3. The number of ether oxygens (including phenoxy) is 1. The quantitative estimate of drug-likeness (QED) is 0.850. The van der Waals surface area contributed by atoms with Crippen LogP contribution >= 0.6 is 0 Å². The maximum absolute atomic E-state index is 12.8. The molecule has 0 radical (unpaired) electrons. The summed E-state index contributed by atoms with van der Waals surface area (Å²) in [6.45, 7) is 5.99. The van der Waals surface area contributed by atoms with Gasteiger partial charge in [0.2, 0.25) is 5.91 Å². The third-order valence-corrected chi connectivity index (χ3v) is 6.67. The highest BCUT2D eigenvalue weighted by molar-refractivity contribution is 5.80. The molecule has 1 aromatic carbocycles. The lowest BCUT2D eigenvalue weighted by atomic mass is 9.89. The van der Waals surface area contributed by atoms with Gasteiger partial charge in [0, 0.05) is 32.1 Å². The standard InChI is InChI=1S/C23H33N3O3/c1-17(20-7-6-18-4-2-3-5-21(18)16-20)24-23(28)26-10-8-19(9-11-26)22(27)25-12-14-29-15-13-25/h6-7,16-17,19H,2-5,8-15H2,1H3,(H,24,28). The smallest absolute Gasteiger partial charge is 0.317 e. The fourth-order valence-corrected chi connectivity index (χ4v) is 4.75. The van der Waals surface area contributed by atoms with Crippen LogP contribution in [-0.4, -0.2) is 61.1 Å². The number of fused-ring (bicyclic) bond motifs is 1. The SMILES string of the molecule is CC(NC(=O)N1CCC(C(=O)N2CCOCC2)CC1)c1ccc2c(c1)CCCC2. The number of hydrogen-bond donors (Lipinski definition) is 1. The van der Waals surface area contributed by atoms with E-state index in [9.17, 15) is 9.59 Å². The molecule has 6 nitrogen and oxygen atoms in total. The minimum Gasteiger partial charge on any atom is -0.378 e. The van der Waals surface area contributed by atoms with Crippen LogP contribution in [-0.2, 0) is 22.4 Å². The highest BCUT2D eigenvalue weighted by Crippen LogP contribution is 2.25. The lowest BCUT2D eigenvalue weighted by Gasteiger charge is -2.36. The van der Waals surface area contributed by atoms with E-state index in [1.165, 1.54) is 36.0 Å². The van der Waals surface area contributed by atoms with E-state index in [4.69, 9.17) is 4.74 Å². The maximum Gasteiger partial charge on any atom is 0.317 e. The summed E-state index contributed by atoms with van der Waals surface area (Å²) < 4.78 is 5.33. The molecular formula is C23H33N3O3. The van der Waals surface area contributed by atoms with Crippen molar-refractivity contribution < 1.29 is 14.3 Å². The van der Waals surface area contributed by atoms with Crippen molar-refractivity contribution in [1.29, 1.82) is 0 Å². The van der Waals surface area contributed by atoms with E-state index in [1.807, 2.05) is 9.80 Å². The first-order valence-electron chi connectivity index (χ1n) is 11.2. The first-order valence-corrected chi connectivity index (χ1v) is 11.2. The van der Waals surface area contributed by atoms with E-state index in [0.29, 0.717) is 39.4 Å². The second-order valence-corrected chi connectivity index (χ2v) is 8.61. The third kappa shape index (κ3) is 4.74. The molecule has 6 heteroatoms. The van der Waals surface area contributed by atoms with Crippen molar-refractivity contribution in [1.82, 2.24) is 15.1 Å². The number of carbonyl (C=O) groups is 2. The Kier molecular flexibility index (Phi) is 6.38. The summed E-state index contributed by atoms with van der Waals surface area (Å²) in [5.74, 6) is 0.269. The van der Waals surface area contributed by atoms with Gasteiger partial charge < -0.3 is 19.9 Å². The third-order valence-electron chi connectivity index (χ3n) is 6.67. The van der Waals surface area contributed by atoms with Crippen LogP contribution < -0.4 is 5.32 Å². The zero-order valence-electron chi connectivity index (χ0n) is 17.5. The second kappa shape index (κ2) is 9.16. The predicted molar refractivity (Wildman–Crippen MR) is 112 cm³/mol. The Bertz CT molecular complexity index is 737. The maximum atomic E-state index is 12.8. The molecule has 1 N–H and O–H groups in total. The second-order valence-electron chi connectivity index (χ2n) is 8.61. The Labute approximate surface area is 173 Å². The number of nitrogens with one attached hydrogen (secondary N) is 1. The van der Waals surface area contributed by atoms with Gasteiger partial charge in [-0.25, -0.2) is 4.79 Å². The Morgan fingerprint density at radius 2 is 1.69 bits per heavy atom. The van der Waals surface area contributed by atoms with Crippen molar-refractivity contribution in [2.24, 2.45) is 5.92 Å². The minimum absolute atomic E-state index is 0.0116. The fourth-order valence-electron chi connectivity index (χ4n) is 4.75. The first kappa shape index (κ1) is 20.2. The molecule has 2 heterocycles. The Morgan fingerprint density at radius 3 is 2.41 bits per heavy atom. The molecular weight excluding hydrogens is 366 g/mol. The van der Waals surface area contributed by atoms with Crippen molar-refractivity contribution in [3.63, 3.8) is 0 Å². The topological polar surface area (TPSA) is 61.9 Å². The molecule has 0 aromatic heterocycles. The van der Waals surface area contributed by atoms with Crippen molar-refractivity contribution in [3.8, 4) is 0 Å². The van der Waals surface area contributed by atoms with E-state index in [0.717, 1.165) is 19.3 Å². The van der Waals surface area contributed by atoms with E-state index in [2.05, 4.69) is 30.4 Å². The Balaban J connectivity index is 1.28. The van der Waals surface area contributed by atoms with Crippen molar-refractivity contribution in [2.45, 2.75) is 51.5 Å². The summed E-state index contributed by atoms with van der Waals surface area (Å²) in [6, 6.07) is 6.62. The van der Waals surface area contributed by atoms with Gasteiger partial charge in [-0.2, -0.15) is 0 Å². The van der Waals surface area contributed by atoms with Gasteiger partial charge in [0.15, 0.2) is 0 Å². The highest BCUT2D eigenvalue weighted by Gasteiger charge is 2.31. The monoisotopic (exact) mass is 399 g/mol. The molecule has 1 aromatic rings. The summed E-state index contributed by atoms with van der Waals surface area (Å²) in [4.78, 5) is 29.2. The summed E-state index contributed by atoms with van der Waals surface area (Å²) in [5.41, 5.74) is 4.08. The number of morpholine rings is 1. The van der Waals surface area contributed by atoms with Crippen LogP contribution in [0, 0.1) is 5.92 Å². The fraction of sp³-hybridized carbons (Fsp3) is 0.652. The van der Waals surface area contributed by atoms with Gasteiger partial charge in [-0.05, 0) is 62.1 Å². The molecule has 2 saturated heterocycles. The summed E-state index contributed by atoms with van der Waals surface area (Å²) in [6.07, 6.45) is 6.36. The minimum atomic E-state index is -0.0208. The highest BCUT2D eigenvalue weighted by atomic mass is 16.5. The molecule has 1 atom stereocenters. The number of carbonyl (C=O) groups excluding carboxylic acids is 2. The average Bonchev–Trinajstić information content (AvgIpc) is 2.79. The first-order chi connectivity index (χ1) is 14.1. The van der Waals surface area contributed by atoms with Gasteiger partial charge in [-0.1, -0.05) is 18.2 Å². The van der Waals surface area contributed by atoms with Crippen molar-refractivity contribution in [2.75, 3.05) is 39.4 Å². The molecule has 2 fully saturated rings. The molecule has 1 unspecified atom stereocenters. The number of hydrogen-bond acceptors (Lipinski definition) is 3. The van der Waals surface area contributed by atoms with Crippen LogP contribution in [0.4, 0.5) is 4.79 Å². The zero-order valence-corrected chi connectivity index (χ0v) is 17.5. The van der Waals surface area contributed by atoms with Crippen LogP contribution in [0.15, 0.2) is 18.2 Å². The van der Waals surface area contributed by atoms with E-state index in [-0.39, 0.29) is 23.9 Å². The lowest BCUT2D eigenvalue weighted by molar-refractivity contribution is -0.141. The number of aryl methyl sites for hydroxylation is 2. The number of rotatable bonds is 3. The summed E-state index contributed by atoms with van der Waals surface area (Å²) in [7, 11) is 0. The summed E-state index contributed by atoms with van der Waals surface area (Å²) >= 11 is 0. The molecule has 0 spiro atoms. The van der Waals surface area contributed by atoms with Gasteiger partial charge in [-0.3, -0.25) is 4.79 Å². The Hall–Kier alpha value is -2.08. The number of likely N-dealkylation sites (tertiary alicyclic amines) is 1. The summed E-state index contributed by atoms with van der Waals surface area (Å²) in [5, 5.41) is 3.16. The van der Waals surface area contributed by atoms with Gasteiger partial charge in [0.25, 0.3) is 0 Å². The lowest BCUT2D eigenvalue weighted by Crippen LogP contribution is -2.49. The zero-order chi connectivity index (χ0) is 20.2. The molecule has 158 valence electrons. The molecule has 0 saturated carbocycles. The van der Waals surface area contributed by atoms with E-state index < -0.39 is 0 Å². The van der Waals surface area contributed by atoms with Crippen LogP contribution in [0.1, 0.15) is 55.3 Å². The van der Waals surface area contributed by atoms with Gasteiger partial charge in [0.1, 0.15) is 0 Å². The molecule has 4 rings (SSSR count). The van der Waals surface area contributed by atoms with E-state index in [1.54, 1.807) is 0 Å². The van der Waals surface area contributed by atoms with Gasteiger partial charge in [-0.15, -0.1) is 0 Å². The van der Waals surface area contributed by atoms with Crippen LogP contribution in [0.2, 0.25) is 0 Å². The number of piperidine rings is 1. The Morgan fingerprint density at radius 1 is 1.00 bits per heavy atom. The largest absolute Gasteiger partial charge is 0.378 e. The normalized spacial score (nSPS) is 21.4. The van der Waals surface area contributed by atoms with Crippen LogP contribution in [0.25, 0.3) is 0 Å². The molecule has 29 heavy (non-hydrogen) atoms. The number of nitrogens with zero attached hydrogens (tertiary/aromatic N) is 2. The van der Waals surface area contributed by atoms with Crippen LogP contribution in [0.5, 0.6) is 0 Å². The van der Waals surface area contributed by atoms with Gasteiger partial charge in [0.05, 0.1) is 19.3 Å². The van der Waals surface area contributed by atoms with Crippen molar-refractivity contribution >= 4 is 11.9 Å². The van der Waals surface area contributed by atoms with Crippen LogP contribution in [0.3, 0.4) is 0 Å². The number of urea groups is 1. The van der Waals surface area contributed by atoms with Crippen molar-refractivity contribution in [3.05, 3.63) is 34.9 Å². The van der Waals surface area contributed by atoms with E-state index >= 15 is 0 Å². The van der Waals surface area contributed by atoms with Gasteiger partial charge >= 0.3 is 6.03 Å². The number of benzene rings is 1. The average molecular weight is 400 g/mol. The molecule has 2 aliphatic heterocycles. The molecule has 3 amide bonds. The molecule has 3 aliphatic rings. The molecule has 1 aliphatic carbocycles. The predicted octanol–water partition coefficient (Wildman–Crippen LogP) is 2.91. The molecule has 0 bridgehead atoms.